The summed E-state index contributed by atoms with van der Waals surface area (Å²) in [5.74, 6) is -1.03. The van der Waals surface area contributed by atoms with Crippen LogP contribution in [0.5, 0.6) is 11.5 Å². The number of carbonyl (C=O) groups is 1. The normalized spacial score (nSPS) is 27.0. The Bertz CT molecular complexity index is 897. The van der Waals surface area contributed by atoms with Crippen LogP contribution < -0.4 is 15.0 Å². The number of rotatable bonds is 2. The van der Waals surface area contributed by atoms with Gasteiger partial charge >= 0.3 is 5.97 Å². The first kappa shape index (κ1) is 15.8. The number of nitrogens with one attached hydrogen (secondary N) is 2. The van der Waals surface area contributed by atoms with Gasteiger partial charge in [0.15, 0.2) is 11.5 Å². The van der Waals surface area contributed by atoms with Crippen molar-refractivity contribution >= 4 is 5.97 Å². The maximum atomic E-state index is 12.5. The van der Waals surface area contributed by atoms with Crippen LogP contribution >= 0.6 is 0 Å². The van der Waals surface area contributed by atoms with Gasteiger partial charge in [-0.15, -0.1) is 0 Å². The summed E-state index contributed by atoms with van der Waals surface area (Å²) >= 11 is 0. The van der Waals surface area contributed by atoms with Crippen LogP contribution in [-0.2, 0) is 16.0 Å². The molecular weight excluding hydrogens is 328 g/mol. The van der Waals surface area contributed by atoms with Gasteiger partial charge in [0.25, 0.3) is 5.56 Å². The molecule has 0 bridgehead atoms. The van der Waals surface area contributed by atoms with E-state index in [0.29, 0.717) is 28.3 Å². The molecule has 0 radical (unpaired) electrons. The molecule has 3 atom stereocenters. The fourth-order valence-corrected chi connectivity index (χ4v) is 3.85. The van der Waals surface area contributed by atoms with Crippen LogP contribution in [0.25, 0.3) is 0 Å². The predicted molar refractivity (Wildman–Crippen MR) is 85.7 cm³/mol. The molecule has 1 aromatic carbocycles. The van der Waals surface area contributed by atoms with Gasteiger partial charge in [0.05, 0.1) is 18.6 Å². The smallest absolute Gasteiger partial charge is 0.312 e. The molecule has 1 aliphatic carbocycles. The molecule has 2 aliphatic rings. The minimum atomic E-state index is -1.38. The molecule has 2 aromatic rings. The van der Waals surface area contributed by atoms with E-state index >= 15 is 0 Å². The molecule has 1 aliphatic heterocycles. The lowest BCUT2D eigenvalue weighted by Gasteiger charge is -2.40. The fourth-order valence-electron chi connectivity index (χ4n) is 3.85. The van der Waals surface area contributed by atoms with Crippen LogP contribution in [0.3, 0.4) is 0 Å². The Balaban J connectivity index is 1.93. The molecule has 8 nitrogen and oxygen atoms in total. The van der Waals surface area contributed by atoms with E-state index in [1.54, 1.807) is 25.1 Å². The number of methoxy groups -OCH3 is 1. The van der Waals surface area contributed by atoms with E-state index in [4.69, 9.17) is 14.2 Å². The van der Waals surface area contributed by atoms with E-state index in [9.17, 15) is 14.7 Å². The number of carbonyl (C=O) groups excluding carboxylic acids is 1. The summed E-state index contributed by atoms with van der Waals surface area (Å²) in [6, 6.07) is 5.24. The molecular formula is C17H18N2O6. The molecule has 0 amide bonds. The topological polar surface area (TPSA) is 114 Å². The summed E-state index contributed by atoms with van der Waals surface area (Å²) in [6.45, 7) is 1.69. The van der Waals surface area contributed by atoms with Crippen molar-refractivity contribution in [2.24, 2.45) is 5.92 Å². The molecule has 0 saturated carbocycles. The van der Waals surface area contributed by atoms with Crippen molar-refractivity contribution in [3.8, 4) is 11.5 Å². The zero-order valence-electron chi connectivity index (χ0n) is 13.8. The maximum absolute atomic E-state index is 12.5. The molecule has 132 valence electrons. The molecule has 0 spiro atoms. The Labute approximate surface area is 142 Å². The van der Waals surface area contributed by atoms with E-state index in [2.05, 4.69) is 10.2 Å². The Morgan fingerprint density at radius 1 is 1.32 bits per heavy atom. The van der Waals surface area contributed by atoms with E-state index in [1.165, 1.54) is 7.11 Å². The second-order valence-corrected chi connectivity index (χ2v) is 6.60. The van der Waals surface area contributed by atoms with Gasteiger partial charge in [-0.2, -0.15) is 0 Å². The fraction of sp³-hybridized carbons (Fsp3) is 0.412. The van der Waals surface area contributed by atoms with Crippen LogP contribution in [0.4, 0.5) is 0 Å². The summed E-state index contributed by atoms with van der Waals surface area (Å²) in [7, 11) is 1.27. The summed E-state index contributed by atoms with van der Waals surface area (Å²) in [6.07, 6.45) is 0.141. The van der Waals surface area contributed by atoms with Gasteiger partial charge in [-0.05, 0) is 24.6 Å². The van der Waals surface area contributed by atoms with Gasteiger partial charge in [-0.25, -0.2) is 0 Å². The summed E-state index contributed by atoms with van der Waals surface area (Å²) in [5.41, 5.74) is -0.0154. The second-order valence-electron chi connectivity index (χ2n) is 6.60. The molecule has 3 N–H and O–H groups in total. The van der Waals surface area contributed by atoms with Crippen LogP contribution in [0.2, 0.25) is 0 Å². The van der Waals surface area contributed by atoms with E-state index < -0.39 is 23.4 Å². The first-order valence-corrected chi connectivity index (χ1v) is 7.91. The predicted octanol–water partition coefficient (Wildman–Crippen LogP) is 0.660. The first-order valence-electron chi connectivity index (χ1n) is 7.91. The molecule has 0 saturated heterocycles. The van der Waals surface area contributed by atoms with Crippen molar-refractivity contribution in [3.05, 3.63) is 45.4 Å². The van der Waals surface area contributed by atoms with Gasteiger partial charge in [0.2, 0.25) is 6.79 Å². The Hall–Kier alpha value is -2.74. The van der Waals surface area contributed by atoms with Gasteiger partial charge in [-0.1, -0.05) is 6.07 Å². The van der Waals surface area contributed by atoms with Crippen LogP contribution in [-0.4, -0.2) is 40.8 Å². The number of ether oxygens (including phenoxy) is 3. The van der Waals surface area contributed by atoms with Gasteiger partial charge < -0.3 is 24.4 Å². The van der Waals surface area contributed by atoms with Crippen molar-refractivity contribution in [1.82, 2.24) is 10.2 Å². The number of fused-ring (bicyclic) bond motifs is 2. The number of hydrogen-bond donors (Lipinski definition) is 3. The van der Waals surface area contributed by atoms with Crippen LogP contribution in [0.15, 0.2) is 23.0 Å². The summed E-state index contributed by atoms with van der Waals surface area (Å²) in [5, 5.41) is 16.3. The third-order valence-electron chi connectivity index (χ3n) is 4.96. The van der Waals surface area contributed by atoms with Gasteiger partial charge in [0, 0.05) is 23.6 Å². The van der Waals surface area contributed by atoms with E-state index in [-0.39, 0.29) is 18.8 Å². The minimum Gasteiger partial charge on any atom is -0.469 e. The maximum Gasteiger partial charge on any atom is 0.312 e. The Morgan fingerprint density at radius 2 is 2.08 bits per heavy atom. The number of aliphatic hydroxyl groups is 1. The number of benzene rings is 1. The highest BCUT2D eigenvalue weighted by Gasteiger charge is 2.51. The highest BCUT2D eigenvalue weighted by molar-refractivity contribution is 5.77. The highest BCUT2D eigenvalue weighted by Crippen LogP contribution is 2.46. The van der Waals surface area contributed by atoms with Crippen molar-refractivity contribution in [2.75, 3.05) is 13.9 Å². The third-order valence-corrected chi connectivity index (χ3v) is 4.96. The zero-order chi connectivity index (χ0) is 17.8. The zero-order valence-corrected chi connectivity index (χ0v) is 13.8. The lowest BCUT2D eigenvalue weighted by Crippen LogP contribution is -2.49. The third kappa shape index (κ3) is 2.32. The Morgan fingerprint density at radius 3 is 2.84 bits per heavy atom. The first-order chi connectivity index (χ1) is 11.9. The average Bonchev–Trinajstić information content (AvgIpc) is 3.18. The lowest BCUT2D eigenvalue weighted by atomic mass is 9.66. The quantitative estimate of drug-likeness (QED) is 0.689. The molecule has 0 fully saturated rings. The number of aromatic nitrogens is 2. The second kappa shape index (κ2) is 5.38. The molecule has 0 unspecified atom stereocenters. The number of esters is 1. The van der Waals surface area contributed by atoms with Gasteiger partial charge in [0.1, 0.15) is 0 Å². The number of H-pyrrole nitrogens is 2. The largest absolute Gasteiger partial charge is 0.469 e. The molecule has 2 heterocycles. The van der Waals surface area contributed by atoms with Crippen molar-refractivity contribution in [3.63, 3.8) is 0 Å². The van der Waals surface area contributed by atoms with E-state index in [0.717, 1.165) is 0 Å². The lowest BCUT2D eigenvalue weighted by molar-refractivity contribution is -0.156. The van der Waals surface area contributed by atoms with Crippen molar-refractivity contribution in [2.45, 2.75) is 24.9 Å². The van der Waals surface area contributed by atoms with Gasteiger partial charge in [-0.3, -0.25) is 14.7 Å². The molecule has 8 heteroatoms. The van der Waals surface area contributed by atoms with Crippen LogP contribution in [0.1, 0.15) is 29.7 Å². The highest BCUT2D eigenvalue weighted by atomic mass is 16.7. The minimum absolute atomic E-state index is 0.123. The monoisotopic (exact) mass is 346 g/mol. The molecule has 25 heavy (non-hydrogen) atoms. The van der Waals surface area contributed by atoms with Crippen LogP contribution in [0, 0.1) is 5.92 Å². The van der Waals surface area contributed by atoms with E-state index in [1.807, 2.05) is 0 Å². The summed E-state index contributed by atoms with van der Waals surface area (Å²) < 4.78 is 15.7. The van der Waals surface area contributed by atoms with Crippen molar-refractivity contribution in [1.29, 1.82) is 0 Å². The molecule has 1 aromatic heterocycles. The average molecular weight is 346 g/mol. The summed E-state index contributed by atoms with van der Waals surface area (Å²) in [4.78, 5) is 24.9. The number of hydrogen-bond acceptors (Lipinski definition) is 6. The molecule has 4 rings (SSSR count). The SMILES string of the molecule is COC(=O)[C@H]1[C@H](c2ccc3c(c2)OCO3)c2c([nH][nH]c2=O)C[C@@]1(C)O. The number of aromatic amines is 2. The Kier molecular flexibility index (Phi) is 3.40. The van der Waals surface area contributed by atoms with Crippen molar-refractivity contribution < 1.29 is 24.1 Å². The standard InChI is InChI=1S/C17H18N2O6/c1-17(22)6-9-13(15(20)19-18-9)12(14(17)16(21)23-2)8-3-4-10-11(5-8)25-7-24-10/h3-5,12,14,22H,6-7H2,1-2H3,(H2,18,19,20)/t12-,14-,17-/m1/s1.